The molecule has 18 heavy (non-hydrogen) atoms. The van der Waals surface area contributed by atoms with E-state index in [1.807, 2.05) is 0 Å². The van der Waals surface area contributed by atoms with Crippen LogP contribution in [0.2, 0.25) is 0 Å². The Bertz CT molecular complexity index is 272. The first-order valence-corrected chi connectivity index (χ1v) is 6.56. The van der Waals surface area contributed by atoms with Crippen molar-refractivity contribution in [2.45, 2.75) is 33.6 Å². The maximum atomic E-state index is 7.48. The highest BCUT2D eigenvalue weighted by Crippen LogP contribution is 2.21. The summed E-state index contributed by atoms with van der Waals surface area (Å²) in [5.74, 6) is 0.790. The van der Waals surface area contributed by atoms with Gasteiger partial charge in [0.25, 0.3) is 0 Å². The van der Waals surface area contributed by atoms with Crippen LogP contribution in [0, 0.1) is 28.8 Å². The minimum absolute atomic E-state index is 0.790. The Hall–Kier alpha value is -1.30. The highest BCUT2D eigenvalue weighted by atomic mass is 16.5. The Labute approximate surface area is 111 Å². The zero-order chi connectivity index (χ0) is 13.9. The summed E-state index contributed by atoms with van der Waals surface area (Å²) >= 11 is 0. The molecule has 0 atom stereocenters. The molecular weight excluding hydrogens is 228 g/mol. The molecule has 1 aliphatic rings. The molecule has 5 heteroatoms. The fourth-order valence-corrected chi connectivity index (χ4v) is 2.46. The summed E-state index contributed by atoms with van der Waals surface area (Å²) in [5.41, 5.74) is 0. The van der Waals surface area contributed by atoms with Crippen molar-refractivity contribution in [3.63, 3.8) is 0 Å². The van der Waals surface area contributed by atoms with Gasteiger partial charge in [-0.15, -0.1) is 0 Å². The van der Waals surface area contributed by atoms with Crippen molar-refractivity contribution >= 4 is 0 Å². The van der Waals surface area contributed by atoms with Crippen molar-refractivity contribution < 1.29 is 9.22 Å². The van der Waals surface area contributed by atoms with Crippen molar-refractivity contribution in [1.29, 1.82) is 10.5 Å². The van der Waals surface area contributed by atoms with E-state index in [-0.39, 0.29) is 0 Å². The van der Waals surface area contributed by atoms with Crippen molar-refractivity contribution in [2.75, 3.05) is 33.0 Å². The molecule has 0 radical (unpaired) electrons. The first-order chi connectivity index (χ1) is 8.60. The summed E-state index contributed by atoms with van der Waals surface area (Å²) in [6.07, 6.45) is 5.59. The Morgan fingerprint density at radius 2 is 1.78 bits per heavy atom. The van der Waals surface area contributed by atoms with Gasteiger partial charge in [-0.05, 0) is 6.92 Å². The molecule has 5 nitrogen and oxygen atoms in total. The van der Waals surface area contributed by atoms with Crippen molar-refractivity contribution in [3.8, 4) is 12.4 Å². The van der Waals surface area contributed by atoms with Gasteiger partial charge in [-0.25, -0.2) is 5.32 Å². The number of nitrogens with one attached hydrogen (secondary N) is 1. The van der Waals surface area contributed by atoms with E-state index in [4.69, 9.17) is 15.3 Å². The largest absolute Gasteiger partial charge is 0.332 e. The Morgan fingerprint density at radius 3 is 2.11 bits per heavy atom. The predicted octanol–water partition coefficient (Wildman–Crippen LogP) is 1.79. The van der Waals surface area contributed by atoms with Crippen LogP contribution in [0.25, 0.3) is 0 Å². The lowest BCUT2D eigenvalue weighted by Gasteiger charge is -2.35. The summed E-state index contributed by atoms with van der Waals surface area (Å²) in [6, 6.07) is 0. The maximum Gasteiger partial charge on any atom is 0.190 e. The van der Waals surface area contributed by atoms with Crippen LogP contribution in [0.5, 0.6) is 0 Å². The number of nitrogens with zero attached hydrogens (tertiary/aromatic N) is 3. The van der Waals surface area contributed by atoms with E-state index >= 15 is 0 Å². The molecule has 1 heterocycles. The van der Waals surface area contributed by atoms with Gasteiger partial charge in [-0.1, -0.05) is 13.8 Å². The lowest BCUT2D eigenvalue weighted by molar-refractivity contribution is -0.937. The number of nitriles is 2. The second kappa shape index (κ2) is 9.70. The van der Waals surface area contributed by atoms with Crippen molar-refractivity contribution in [3.05, 3.63) is 0 Å². The summed E-state index contributed by atoms with van der Waals surface area (Å²) in [4.78, 5) is 0. The van der Waals surface area contributed by atoms with Gasteiger partial charge in [0.15, 0.2) is 19.1 Å². The van der Waals surface area contributed by atoms with Gasteiger partial charge in [0.1, 0.15) is 0 Å². The van der Waals surface area contributed by atoms with E-state index < -0.39 is 0 Å². The zero-order valence-electron chi connectivity index (χ0n) is 11.8. The van der Waals surface area contributed by atoms with Gasteiger partial charge >= 0.3 is 0 Å². The average Bonchev–Trinajstić information content (AvgIpc) is 2.76. The second-order valence-electron chi connectivity index (χ2n) is 5.04. The molecule has 0 aliphatic carbocycles. The summed E-state index contributed by atoms with van der Waals surface area (Å²) in [6.45, 7) is 12.5. The average molecular weight is 253 g/mol. The third-order valence-electron chi connectivity index (χ3n) is 2.95. The van der Waals surface area contributed by atoms with E-state index in [0.717, 1.165) is 19.3 Å². The molecule has 102 valence electrons. The fraction of sp³-hybridized carbons (Fsp3) is 0.846. The minimum atomic E-state index is 0.790. The van der Waals surface area contributed by atoms with E-state index in [0.29, 0.717) is 0 Å². The zero-order valence-corrected chi connectivity index (χ0v) is 11.8. The van der Waals surface area contributed by atoms with Gasteiger partial charge < -0.3 is 9.22 Å². The van der Waals surface area contributed by atoms with E-state index in [9.17, 15) is 0 Å². The number of hydrogen-bond donors (Lipinski definition) is 1. The fourth-order valence-electron chi connectivity index (χ4n) is 2.46. The summed E-state index contributed by atoms with van der Waals surface area (Å²) < 4.78 is 6.81. The standard InChI is InChI=1S/C11H24NO.C2HN3/c1-4-13-10-12(9-11(2)3)7-5-6-8-12;3-1-5-2-4/h11H,4-10H2,1-3H3;5H/q+1;. The SMILES string of the molecule is CCOC[N+]1(CC(C)C)CCCC1.N#CNC#N. The normalized spacial score (nSPS) is 16.3. The van der Waals surface area contributed by atoms with Gasteiger partial charge in [0, 0.05) is 25.4 Å². The number of quaternary nitrogens is 1. The van der Waals surface area contributed by atoms with Crippen LogP contribution in [0.1, 0.15) is 33.6 Å². The lowest BCUT2D eigenvalue weighted by atomic mass is 10.2. The Kier molecular flexibility index (Phi) is 9.00. The molecule has 0 spiro atoms. The maximum absolute atomic E-state index is 7.48. The molecule has 0 aromatic heterocycles. The second-order valence-corrected chi connectivity index (χ2v) is 5.04. The third kappa shape index (κ3) is 7.11. The number of ether oxygens (including phenoxy) is 1. The van der Waals surface area contributed by atoms with Gasteiger partial charge in [-0.3, -0.25) is 0 Å². The molecule has 1 rings (SSSR count). The predicted molar refractivity (Wildman–Crippen MR) is 69.8 cm³/mol. The molecule has 0 aromatic rings. The number of rotatable bonds is 5. The first-order valence-electron chi connectivity index (χ1n) is 6.56. The lowest BCUT2D eigenvalue weighted by Crippen LogP contribution is -2.49. The highest BCUT2D eigenvalue weighted by molar-refractivity contribution is 4.77. The molecule has 1 aliphatic heterocycles. The molecular formula is C13H25N4O+. The van der Waals surface area contributed by atoms with Crippen LogP contribution >= 0.6 is 0 Å². The smallest absolute Gasteiger partial charge is 0.190 e. The van der Waals surface area contributed by atoms with Gasteiger partial charge in [0.2, 0.25) is 0 Å². The topological polar surface area (TPSA) is 68.8 Å². The summed E-state index contributed by atoms with van der Waals surface area (Å²) in [7, 11) is 0. The van der Waals surface area contributed by atoms with Crippen molar-refractivity contribution in [2.24, 2.45) is 5.92 Å². The molecule has 0 amide bonds. The quantitative estimate of drug-likeness (QED) is 0.461. The molecule has 0 saturated carbocycles. The molecule has 0 bridgehead atoms. The Balaban J connectivity index is 0.000000494. The summed E-state index contributed by atoms with van der Waals surface area (Å²) in [5, 5.41) is 16.7. The molecule has 0 aromatic carbocycles. The van der Waals surface area contributed by atoms with Gasteiger partial charge in [-0.2, -0.15) is 10.5 Å². The van der Waals surface area contributed by atoms with Crippen LogP contribution in [0.15, 0.2) is 0 Å². The van der Waals surface area contributed by atoms with Crippen LogP contribution < -0.4 is 5.32 Å². The monoisotopic (exact) mass is 253 g/mol. The van der Waals surface area contributed by atoms with Crippen LogP contribution in [0.4, 0.5) is 0 Å². The molecule has 0 unspecified atom stereocenters. The van der Waals surface area contributed by atoms with Crippen LogP contribution in [-0.2, 0) is 4.74 Å². The minimum Gasteiger partial charge on any atom is -0.332 e. The third-order valence-corrected chi connectivity index (χ3v) is 2.95. The van der Waals surface area contributed by atoms with E-state index in [2.05, 4.69) is 20.8 Å². The van der Waals surface area contributed by atoms with E-state index in [1.54, 1.807) is 5.32 Å². The molecule has 1 N–H and O–H groups in total. The number of hydrogen-bond acceptors (Lipinski definition) is 4. The van der Waals surface area contributed by atoms with Crippen molar-refractivity contribution in [1.82, 2.24) is 5.32 Å². The van der Waals surface area contributed by atoms with Crippen LogP contribution in [0.3, 0.4) is 0 Å². The van der Waals surface area contributed by atoms with Crippen LogP contribution in [-0.4, -0.2) is 37.5 Å². The molecule has 1 fully saturated rings. The molecule has 1 saturated heterocycles. The first kappa shape index (κ1) is 16.7. The number of likely N-dealkylation sites (tertiary alicyclic amines) is 1. The van der Waals surface area contributed by atoms with Gasteiger partial charge in [0.05, 0.1) is 19.6 Å². The Morgan fingerprint density at radius 1 is 1.22 bits per heavy atom. The van der Waals surface area contributed by atoms with E-state index in [1.165, 1.54) is 49.3 Å². The highest BCUT2D eigenvalue weighted by Gasteiger charge is 2.32.